The van der Waals surface area contributed by atoms with Crippen molar-refractivity contribution in [2.45, 2.75) is 12.6 Å². The van der Waals surface area contributed by atoms with Crippen LogP contribution in [0.3, 0.4) is 0 Å². The van der Waals surface area contributed by atoms with E-state index in [1.165, 1.54) is 30.3 Å². The Kier molecular flexibility index (Phi) is 6.17. The zero-order chi connectivity index (χ0) is 20.2. The Labute approximate surface area is 156 Å². The van der Waals surface area contributed by atoms with Crippen molar-refractivity contribution in [1.29, 1.82) is 0 Å². The summed E-state index contributed by atoms with van der Waals surface area (Å²) in [5, 5.41) is 12.8. The lowest BCUT2D eigenvalue weighted by atomic mass is 10.1. The fourth-order valence-electron chi connectivity index (χ4n) is 2.22. The molecule has 0 aliphatic rings. The van der Waals surface area contributed by atoms with E-state index in [0.29, 0.717) is 5.56 Å². The fourth-order valence-corrected chi connectivity index (χ4v) is 2.51. The highest BCUT2D eigenvalue weighted by Crippen LogP contribution is 2.29. The number of alkyl halides is 3. The average Bonchev–Trinajstić information content (AvgIpc) is 2.53. The first-order chi connectivity index (χ1) is 12.6. The average molecular weight is 401 g/mol. The molecule has 2 aromatic rings. The van der Waals surface area contributed by atoms with Gasteiger partial charge >= 0.3 is 6.18 Å². The van der Waals surface area contributed by atoms with E-state index in [2.05, 4.69) is 5.32 Å². The Morgan fingerprint density at radius 2 is 1.74 bits per heavy atom. The fraction of sp³-hybridized carbons (Fsp3) is 0.176. The van der Waals surface area contributed by atoms with Crippen molar-refractivity contribution in [3.8, 4) is 0 Å². The number of ketones is 1. The van der Waals surface area contributed by atoms with Gasteiger partial charge in [0.05, 0.1) is 17.0 Å². The second-order valence-electron chi connectivity index (χ2n) is 5.53. The molecular weight excluding hydrogens is 389 g/mol. The van der Waals surface area contributed by atoms with E-state index in [1.807, 2.05) is 0 Å². The molecule has 0 unspecified atom stereocenters. The molecule has 1 amide bonds. The first-order valence-electron chi connectivity index (χ1n) is 7.47. The minimum atomic E-state index is -4.45. The number of amides is 1. The van der Waals surface area contributed by atoms with Gasteiger partial charge in [-0.2, -0.15) is 13.2 Å². The molecule has 0 saturated heterocycles. The number of carbonyl (C=O) groups is 2. The van der Waals surface area contributed by atoms with Gasteiger partial charge in [0.25, 0.3) is 6.54 Å². The van der Waals surface area contributed by atoms with Crippen LogP contribution in [-0.4, -0.2) is 23.2 Å². The van der Waals surface area contributed by atoms with E-state index in [0.717, 1.165) is 12.1 Å². The van der Waals surface area contributed by atoms with Crippen LogP contribution in [0.2, 0.25) is 5.02 Å². The summed E-state index contributed by atoms with van der Waals surface area (Å²) in [6.45, 7) is -0.903. The lowest BCUT2D eigenvalue weighted by molar-refractivity contribution is -0.465. The van der Waals surface area contributed by atoms with Crippen molar-refractivity contribution in [2.24, 2.45) is 0 Å². The molecule has 0 aliphatic carbocycles. The van der Waals surface area contributed by atoms with Crippen LogP contribution in [-0.2, 0) is 17.4 Å². The Morgan fingerprint density at radius 1 is 1.11 bits per heavy atom. The summed E-state index contributed by atoms with van der Waals surface area (Å²) in [5.41, 5.74) is -0.235. The molecule has 0 saturated carbocycles. The zero-order valence-corrected chi connectivity index (χ0v) is 14.3. The number of hydrogen-bond donors (Lipinski definition) is 1. The smallest absolute Gasteiger partial charge is 0.326 e. The van der Waals surface area contributed by atoms with E-state index in [1.54, 1.807) is 0 Å². The number of carbonyl (C=O) groups excluding carboxylic acids is 2. The number of hydrogen-bond acceptors (Lipinski definition) is 4. The number of Topliss-reactive ketones (excluding diaryl/α,β-unsaturated/α-hetero) is 1. The SMILES string of the molecule is O=C(Cc1ccc(C(F)(F)F)cc1)Nc1ccc(C(=O)C[N+](=O)[O-])c(Cl)c1. The van der Waals surface area contributed by atoms with Gasteiger partial charge < -0.3 is 5.32 Å². The highest BCUT2D eigenvalue weighted by molar-refractivity contribution is 6.34. The van der Waals surface area contributed by atoms with Gasteiger partial charge in [0.1, 0.15) is 0 Å². The van der Waals surface area contributed by atoms with Gasteiger partial charge in [0.2, 0.25) is 11.7 Å². The highest BCUT2D eigenvalue weighted by Gasteiger charge is 2.30. The largest absolute Gasteiger partial charge is 0.416 e. The van der Waals surface area contributed by atoms with Gasteiger partial charge in [-0.15, -0.1) is 0 Å². The van der Waals surface area contributed by atoms with Crippen molar-refractivity contribution in [1.82, 2.24) is 0 Å². The second kappa shape index (κ2) is 8.17. The first kappa shape index (κ1) is 20.4. The molecule has 0 aliphatic heterocycles. The molecule has 2 rings (SSSR count). The van der Waals surface area contributed by atoms with Gasteiger partial charge in [-0.3, -0.25) is 19.7 Å². The Morgan fingerprint density at radius 3 is 2.26 bits per heavy atom. The van der Waals surface area contributed by atoms with Crippen molar-refractivity contribution < 1.29 is 27.7 Å². The minimum Gasteiger partial charge on any atom is -0.326 e. The molecule has 2 aromatic carbocycles. The molecule has 6 nitrogen and oxygen atoms in total. The Bertz CT molecular complexity index is 883. The van der Waals surface area contributed by atoms with Crippen LogP contribution in [0, 0.1) is 10.1 Å². The number of nitrogens with zero attached hydrogens (tertiary/aromatic N) is 1. The highest BCUT2D eigenvalue weighted by atomic mass is 35.5. The predicted octanol–water partition coefficient (Wildman–Crippen LogP) is 4.00. The van der Waals surface area contributed by atoms with E-state index >= 15 is 0 Å². The van der Waals surface area contributed by atoms with Crippen molar-refractivity contribution >= 4 is 29.0 Å². The third-order valence-electron chi connectivity index (χ3n) is 3.47. The van der Waals surface area contributed by atoms with Crippen LogP contribution >= 0.6 is 11.6 Å². The summed E-state index contributed by atoms with van der Waals surface area (Å²) in [7, 11) is 0. The standard InChI is InChI=1S/C17H12ClF3N2O4/c18-14-8-12(5-6-13(14)15(24)9-23(26)27)22-16(25)7-10-1-3-11(4-2-10)17(19,20)21/h1-6,8H,7,9H2,(H,22,25). The number of nitro groups is 1. The zero-order valence-electron chi connectivity index (χ0n) is 13.5. The van der Waals surface area contributed by atoms with Crippen LogP contribution in [0.5, 0.6) is 0 Å². The first-order valence-corrected chi connectivity index (χ1v) is 7.84. The van der Waals surface area contributed by atoms with Crippen LogP contribution < -0.4 is 5.32 Å². The van der Waals surface area contributed by atoms with Crippen LogP contribution in [0.15, 0.2) is 42.5 Å². The van der Waals surface area contributed by atoms with Gasteiger partial charge in [0, 0.05) is 16.2 Å². The third kappa shape index (κ3) is 5.78. The Balaban J connectivity index is 2.02. The summed E-state index contributed by atoms with van der Waals surface area (Å²) in [6.07, 6.45) is -4.62. The van der Waals surface area contributed by atoms with E-state index in [9.17, 15) is 32.9 Å². The van der Waals surface area contributed by atoms with Gasteiger partial charge in [0.15, 0.2) is 0 Å². The van der Waals surface area contributed by atoms with Crippen molar-refractivity contribution in [3.05, 3.63) is 74.3 Å². The number of halogens is 4. The summed E-state index contributed by atoms with van der Waals surface area (Å²) < 4.78 is 37.5. The maximum atomic E-state index is 12.5. The molecule has 142 valence electrons. The van der Waals surface area contributed by atoms with Crippen LogP contribution in [0.4, 0.5) is 18.9 Å². The molecule has 0 fully saturated rings. The molecule has 10 heteroatoms. The van der Waals surface area contributed by atoms with Crippen molar-refractivity contribution in [3.63, 3.8) is 0 Å². The molecule has 0 heterocycles. The molecule has 1 N–H and O–H groups in total. The minimum absolute atomic E-state index is 0.0471. The van der Waals surface area contributed by atoms with E-state index < -0.39 is 34.9 Å². The molecule has 0 radical (unpaired) electrons. The maximum Gasteiger partial charge on any atom is 0.416 e. The van der Waals surface area contributed by atoms with E-state index in [4.69, 9.17) is 11.6 Å². The number of anilines is 1. The lowest BCUT2D eigenvalue weighted by Crippen LogP contribution is -2.16. The van der Waals surface area contributed by atoms with Gasteiger partial charge in [-0.25, -0.2) is 0 Å². The lowest BCUT2D eigenvalue weighted by Gasteiger charge is -2.09. The molecule has 0 atom stereocenters. The molecule has 0 bridgehead atoms. The predicted molar refractivity (Wildman–Crippen MR) is 91.4 cm³/mol. The second-order valence-corrected chi connectivity index (χ2v) is 5.94. The van der Waals surface area contributed by atoms with E-state index in [-0.39, 0.29) is 22.7 Å². The van der Waals surface area contributed by atoms with Gasteiger partial charge in [-0.1, -0.05) is 23.7 Å². The third-order valence-corrected chi connectivity index (χ3v) is 3.78. The van der Waals surface area contributed by atoms with Gasteiger partial charge in [-0.05, 0) is 35.9 Å². The Hall–Kier alpha value is -2.94. The van der Waals surface area contributed by atoms with Crippen molar-refractivity contribution in [2.75, 3.05) is 11.9 Å². The number of rotatable bonds is 6. The molecule has 0 aromatic heterocycles. The topological polar surface area (TPSA) is 89.3 Å². The van der Waals surface area contributed by atoms with Crippen LogP contribution in [0.1, 0.15) is 21.5 Å². The molecular formula is C17H12ClF3N2O4. The molecule has 0 spiro atoms. The summed E-state index contributed by atoms with van der Waals surface area (Å²) in [5.74, 6) is -1.28. The summed E-state index contributed by atoms with van der Waals surface area (Å²) in [4.78, 5) is 33.3. The monoisotopic (exact) mass is 400 g/mol. The quantitative estimate of drug-likeness (QED) is 0.451. The summed E-state index contributed by atoms with van der Waals surface area (Å²) in [6, 6.07) is 8.04. The maximum absolute atomic E-state index is 12.5. The number of benzene rings is 2. The number of nitrogens with one attached hydrogen (secondary N) is 1. The molecule has 27 heavy (non-hydrogen) atoms. The normalized spacial score (nSPS) is 11.1. The van der Waals surface area contributed by atoms with Crippen LogP contribution in [0.25, 0.3) is 0 Å². The summed E-state index contributed by atoms with van der Waals surface area (Å²) >= 11 is 5.91.